The molecule has 0 saturated carbocycles. The molecule has 0 bridgehead atoms. The fraction of sp³-hybridized carbons (Fsp3) is 0.474. The highest BCUT2D eigenvalue weighted by atomic mass is 16.5. The fourth-order valence-corrected chi connectivity index (χ4v) is 3.36. The van der Waals surface area contributed by atoms with Gasteiger partial charge >= 0.3 is 0 Å². The first kappa shape index (κ1) is 18.3. The van der Waals surface area contributed by atoms with Gasteiger partial charge in [0.25, 0.3) is 0 Å². The lowest BCUT2D eigenvalue weighted by Gasteiger charge is -2.26. The van der Waals surface area contributed by atoms with Gasteiger partial charge in [-0.2, -0.15) is 0 Å². The van der Waals surface area contributed by atoms with Gasteiger partial charge in [-0.3, -0.25) is 0 Å². The normalized spacial score (nSPS) is 16.6. The molecule has 1 atom stereocenters. The van der Waals surface area contributed by atoms with E-state index in [1.807, 2.05) is 25.2 Å². The number of rotatable bonds is 8. The van der Waals surface area contributed by atoms with Gasteiger partial charge in [-0.25, -0.2) is 9.97 Å². The summed E-state index contributed by atoms with van der Waals surface area (Å²) in [4.78, 5) is 11.0. The average molecular weight is 357 g/mol. The topological polar surface area (TPSA) is 71.5 Å². The summed E-state index contributed by atoms with van der Waals surface area (Å²) in [5.41, 5.74) is 1.17. The maximum atomic E-state index is 5.37. The highest BCUT2D eigenvalue weighted by Gasteiger charge is 2.25. The quantitative estimate of drug-likeness (QED) is 0.751. The second-order valence-electron chi connectivity index (χ2n) is 6.32. The highest BCUT2D eigenvalue weighted by molar-refractivity contribution is 5.49. The number of benzene rings is 1. The maximum absolute atomic E-state index is 5.37. The first-order chi connectivity index (χ1) is 12.7. The van der Waals surface area contributed by atoms with Gasteiger partial charge in [0, 0.05) is 38.8 Å². The second-order valence-corrected chi connectivity index (χ2v) is 6.32. The molecule has 7 heteroatoms. The van der Waals surface area contributed by atoms with Crippen molar-refractivity contribution >= 4 is 11.6 Å². The molecule has 26 heavy (non-hydrogen) atoms. The molecule has 7 nitrogen and oxygen atoms in total. The zero-order valence-corrected chi connectivity index (χ0v) is 15.7. The molecule has 1 aliphatic heterocycles. The van der Waals surface area contributed by atoms with Crippen LogP contribution in [-0.2, 0) is 6.54 Å². The minimum absolute atomic E-state index is 0.440. The third-order valence-corrected chi connectivity index (χ3v) is 4.74. The van der Waals surface area contributed by atoms with Gasteiger partial charge in [0.2, 0.25) is 0 Å². The molecular formula is C19H27N5O2. The number of ether oxygens (including phenoxy) is 2. The molecule has 2 N–H and O–H groups in total. The van der Waals surface area contributed by atoms with Crippen molar-refractivity contribution in [3.05, 3.63) is 36.2 Å². The molecule has 0 aliphatic carbocycles. The minimum atomic E-state index is 0.440. The van der Waals surface area contributed by atoms with Crippen molar-refractivity contribution in [3.63, 3.8) is 0 Å². The first-order valence-corrected chi connectivity index (χ1v) is 8.93. The summed E-state index contributed by atoms with van der Waals surface area (Å²) in [6.07, 6.45) is 3.97. The Morgan fingerprint density at radius 3 is 2.77 bits per heavy atom. The molecule has 140 valence electrons. The van der Waals surface area contributed by atoms with Gasteiger partial charge in [0.05, 0.1) is 14.2 Å². The van der Waals surface area contributed by atoms with Crippen molar-refractivity contribution < 1.29 is 9.47 Å². The van der Waals surface area contributed by atoms with Crippen LogP contribution in [0.15, 0.2) is 30.6 Å². The maximum Gasteiger partial charge on any atom is 0.161 e. The lowest BCUT2D eigenvalue weighted by atomic mass is 10.1. The van der Waals surface area contributed by atoms with Gasteiger partial charge in [-0.15, -0.1) is 0 Å². The van der Waals surface area contributed by atoms with Crippen LogP contribution in [0, 0.1) is 0 Å². The van der Waals surface area contributed by atoms with E-state index in [1.165, 1.54) is 12.0 Å². The number of nitrogens with zero attached hydrogens (tertiary/aromatic N) is 3. The lowest BCUT2D eigenvalue weighted by Crippen LogP contribution is -2.38. The Bertz CT molecular complexity index is 725. The van der Waals surface area contributed by atoms with Crippen molar-refractivity contribution in [1.82, 2.24) is 15.3 Å². The highest BCUT2D eigenvalue weighted by Crippen LogP contribution is 2.28. The monoisotopic (exact) mass is 357 g/mol. The summed E-state index contributed by atoms with van der Waals surface area (Å²) < 4.78 is 10.7. The van der Waals surface area contributed by atoms with Crippen molar-refractivity contribution in [2.45, 2.75) is 25.4 Å². The molecule has 0 amide bonds. The van der Waals surface area contributed by atoms with E-state index in [-0.39, 0.29) is 0 Å². The summed E-state index contributed by atoms with van der Waals surface area (Å²) in [6, 6.07) is 8.46. The predicted octanol–water partition coefficient (Wildman–Crippen LogP) is 2.29. The van der Waals surface area contributed by atoms with E-state index in [0.717, 1.165) is 49.2 Å². The molecule has 0 spiro atoms. The summed E-state index contributed by atoms with van der Waals surface area (Å²) in [7, 11) is 5.18. The summed E-state index contributed by atoms with van der Waals surface area (Å²) in [6.45, 7) is 2.73. The van der Waals surface area contributed by atoms with E-state index < -0.39 is 0 Å². The molecule has 1 aromatic heterocycles. The Balaban J connectivity index is 1.58. The summed E-state index contributed by atoms with van der Waals surface area (Å²) in [5.74, 6) is 3.34. The fourth-order valence-electron chi connectivity index (χ4n) is 3.36. The number of methoxy groups -OCH3 is 2. The zero-order valence-electron chi connectivity index (χ0n) is 15.7. The van der Waals surface area contributed by atoms with Crippen LogP contribution in [0.1, 0.15) is 18.4 Å². The smallest absolute Gasteiger partial charge is 0.161 e. The van der Waals surface area contributed by atoms with E-state index >= 15 is 0 Å². The molecule has 3 rings (SSSR count). The Hall–Kier alpha value is -2.54. The molecule has 1 aliphatic rings. The van der Waals surface area contributed by atoms with Gasteiger partial charge in [-0.1, -0.05) is 6.07 Å². The standard InChI is InChI=1S/C19H27N5O2/c1-20-18-10-19(23-13-22-18)24-8-4-5-15(24)12-21-11-14-6-7-16(25-2)17(9-14)26-3/h6-7,9-10,13,15,21H,4-5,8,11-12H2,1-3H3,(H,20,22,23)/t15-/m1/s1. The largest absolute Gasteiger partial charge is 0.493 e. The number of nitrogens with one attached hydrogen (secondary N) is 2. The van der Waals surface area contributed by atoms with Gasteiger partial charge < -0.3 is 25.0 Å². The Morgan fingerprint density at radius 1 is 1.15 bits per heavy atom. The Morgan fingerprint density at radius 2 is 2.00 bits per heavy atom. The molecule has 1 fully saturated rings. The second kappa shape index (κ2) is 8.71. The number of aromatic nitrogens is 2. The van der Waals surface area contributed by atoms with E-state index in [2.05, 4.69) is 31.6 Å². The molecular weight excluding hydrogens is 330 g/mol. The van der Waals surface area contributed by atoms with Crippen molar-refractivity contribution in [3.8, 4) is 11.5 Å². The first-order valence-electron chi connectivity index (χ1n) is 8.93. The predicted molar refractivity (Wildman–Crippen MR) is 103 cm³/mol. The van der Waals surface area contributed by atoms with E-state index in [4.69, 9.17) is 9.47 Å². The van der Waals surface area contributed by atoms with Crippen LogP contribution in [0.3, 0.4) is 0 Å². The third-order valence-electron chi connectivity index (χ3n) is 4.74. The van der Waals surface area contributed by atoms with Crippen LogP contribution in [0.25, 0.3) is 0 Å². The minimum Gasteiger partial charge on any atom is -0.493 e. The van der Waals surface area contributed by atoms with Crippen molar-refractivity contribution in [1.29, 1.82) is 0 Å². The molecule has 2 aromatic rings. The van der Waals surface area contributed by atoms with Crippen LogP contribution in [0.2, 0.25) is 0 Å². The average Bonchev–Trinajstić information content (AvgIpc) is 3.16. The van der Waals surface area contributed by atoms with Gasteiger partial charge in [0.15, 0.2) is 11.5 Å². The summed E-state index contributed by atoms with van der Waals surface area (Å²) >= 11 is 0. The zero-order chi connectivity index (χ0) is 18.4. The number of hydrogen-bond donors (Lipinski definition) is 2. The lowest BCUT2D eigenvalue weighted by molar-refractivity contribution is 0.354. The van der Waals surface area contributed by atoms with Crippen LogP contribution in [-0.4, -0.2) is 50.4 Å². The van der Waals surface area contributed by atoms with Gasteiger partial charge in [-0.05, 0) is 30.5 Å². The van der Waals surface area contributed by atoms with E-state index in [0.29, 0.717) is 6.04 Å². The molecule has 0 radical (unpaired) electrons. The third kappa shape index (κ3) is 4.16. The van der Waals surface area contributed by atoms with Crippen molar-refractivity contribution in [2.24, 2.45) is 0 Å². The number of anilines is 2. The van der Waals surface area contributed by atoms with Crippen LogP contribution in [0.4, 0.5) is 11.6 Å². The Kier molecular flexibility index (Phi) is 6.12. The molecule has 1 aromatic carbocycles. The molecule has 2 heterocycles. The van der Waals surface area contributed by atoms with Gasteiger partial charge in [0.1, 0.15) is 18.0 Å². The van der Waals surface area contributed by atoms with Crippen molar-refractivity contribution in [2.75, 3.05) is 44.6 Å². The SMILES string of the molecule is CNc1cc(N2CCC[C@@H]2CNCc2ccc(OC)c(OC)c2)ncn1. The molecule has 0 unspecified atom stereocenters. The van der Waals surface area contributed by atoms with E-state index in [1.54, 1.807) is 20.5 Å². The molecule has 1 saturated heterocycles. The summed E-state index contributed by atoms with van der Waals surface area (Å²) in [5, 5.41) is 6.64. The van der Waals surface area contributed by atoms with Crippen LogP contribution < -0.4 is 25.0 Å². The van der Waals surface area contributed by atoms with E-state index in [9.17, 15) is 0 Å². The van der Waals surface area contributed by atoms with Crippen LogP contribution in [0.5, 0.6) is 11.5 Å². The Labute approximate surface area is 154 Å². The number of hydrogen-bond acceptors (Lipinski definition) is 7. The van der Waals surface area contributed by atoms with Crippen LogP contribution >= 0.6 is 0 Å².